The normalized spacial score (nSPS) is 9.35. The molecule has 0 saturated heterocycles. The lowest BCUT2D eigenvalue weighted by molar-refractivity contribution is 0.161. The van der Waals surface area contributed by atoms with Gasteiger partial charge in [-0.3, -0.25) is 0 Å². The van der Waals surface area contributed by atoms with Crippen LogP contribution in [0.25, 0.3) is 0 Å². The van der Waals surface area contributed by atoms with Crippen molar-refractivity contribution in [2.45, 2.75) is 33.6 Å². The summed E-state index contributed by atoms with van der Waals surface area (Å²) < 4.78 is 5.04. The number of benzene rings is 1. The first-order valence-corrected chi connectivity index (χ1v) is 7.66. The van der Waals surface area contributed by atoms with Crippen LogP contribution >= 0.6 is 0 Å². The minimum absolute atomic E-state index is 0.750. The molecule has 20 heavy (non-hydrogen) atoms. The minimum Gasteiger partial charge on any atom is -0.383 e. The standard InChI is InChI=1S/C13H21NO.C2H7N.C2H6/c1-14(11-12-15-2)10-6-9-13-7-4-3-5-8-13;1-2-3;1-2/h3-5,7-8H,6,9-12H2,1-2H3;2-3H2,1H3;1-2H3. The molecule has 1 rings (SSSR count). The molecule has 0 atom stereocenters. The minimum atomic E-state index is 0.750. The van der Waals surface area contributed by atoms with Crippen LogP contribution in [0.15, 0.2) is 30.3 Å². The lowest BCUT2D eigenvalue weighted by Gasteiger charge is -2.15. The van der Waals surface area contributed by atoms with Gasteiger partial charge in [-0.1, -0.05) is 51.1 Å². The molecule has 3 nitrogen and oxygen atoms in total. The maximum absolute atomic E-state index is 5.04. The fourth-order valence-corrected chi connectivity index (χ4v) is 1.56. The van der Waals surface area contributed by atoms with Crippen LogP contribution < -0.4 is 5.73 Å². The van der Waals surface area contributed by atoms with Gasteiger partial charge in [0.05, 0.1) is 6.61 Å². The topological polar surface area (TPSA) is 38.5 Å². The first-order chi connectivity index (χ1) is 9.74. The summed E-state index contributed by atoms with van der Waals surface area (Å²) in [5.74, 6) is 0. The highest BCUT2D eigenvalue weighted by Crippen LogP contribution is 2.02. The highest BCUT2D eigenvalue weighted by atomic mass is 16.5. The molecule has 0 aliphatic heterocycles. The quantitative estimate of drug-likeness (QED) is 0.834. The van der Waals surface area contributed by atoms with E-state index in [0.717, 1.165) is 32.7 Å². The average Bonchev–Trinajstić information content (AvgIpc) is 2.49. The van der Waals surface area contributed by atoms with E-state index in [1.165, 1.54) is 12.0 Å². The van der Waals surface area contributed by atoms with Crippen LogP contribution in [0, 0.1) is 0 Å². The number of ether oxygens (including phenoxy) is 1. The highest BCUT2D eigenvalue weighted by molar-refractivity contribution is 5.14. The lowest BCUT2D eigenvalue weighted by atomic mass is 10.1. The Hall–Kier alpha value is -0.900. The Kier molecular flexibility index (Phi) is 19.4. The summed E-state index contributed by atoms with van der Waals surface area (Å²) in [7, 11) is 3.89. The summed E-state index contributed by atoms with van der Waals surface area (Å²) in [6.07, 6.45) is 2.38. The van der Waals surface area contributed by atoms with Gasteiger partial charge < -0.3 is 15.4 Å². The van der Waals surface area contributed by atoms with Crippen molar-refractivity contribution in [2.75, 3.05) is 40.4 Å². The van der Waals surface area contributed by atoms with Gasteiger partial charge in [0.15, 0.2) is 0 Å². The lowest BCUT2D eigenvalue weighted by Crippen LogP contribution is -2.24. The number of nitrogens with two attached hydrogens (primary N) is 1. The molecule has 2 N–H and O–H groups in total. The van der Waals surface area contributed by atoms with Crippen molar-refractivity contribution in [3.8, 4) is 0 Å². The Morgan fingerprint density at radius 1 is 1.10 bits per heavy atom. The van der Waals surface area contributed by atoms with Crippen LogP contribution in [-0.2, 0) is 11.2 Å². The monoisotopic (exact) mass is 282 g/mol. The van der Waals surface area contributed by atoms with E-state index >= 15 is 0 Å². The largest absolute Gasteiger partial charge is 0.383 e. The van der Waals surface area contributed by atoms with Gasteiger partial charge in [-0.05, 0) is 38.5 Å². The molecule has 0 aliphatic carbocycles. The first kappa shape index (κ1) is 21.4. The number of nitrogens with zero attached hydrogens (tertiary/aromatic N) is 1. The van der Waals surface area contributed by atoms with Gasteiger partial charge in [-0.25, -0.2) is 0 Å². The van der Waals surface area contributed by atoms with Crippen molar-refractivity contribution in [1.82, 2.24) is 4.90 Å². The summed E-state index contributed by atoms with van der Waals surface area (Å²) in [5, 5.41) is 0. The van der Waals surface area contributed by atoms with Gasteiger partial charge in [0.25, 0.3) is 0 Å². The fraction of sp³-hybridized carbons (Fsp3) is 0.647. The molecule has 0 radical (unpaired) electrons. The molecule has 118 valence electrons. The Labute approximate surface area is 126 Å². The predicted octanol–water partition coefficient (Wildman–Crippen LogP) is 3.19. The second kappa shape index (κ2) is 18.1. The Morgan fingerprint density at radius 2 is 1.65 bits per heavy atom. The van der Waals surface area contributed by atoms with Crippen molar-refractivity contribution in [3.05, 3.63) is 35.9 Å². The van der Waals surface area contributed by atoms with Crippen LogP contribution in [0.5, 0.6) is 0 Å². The Bertz CT molecular complexity index is 265. The van der Waals surface area contributed by atoms with Gasteiger partial charge in [0, 0.05) is 13.7 Å². The predicted molar refractivity (Wildman–Crippen MR) is 90.2 cm³/mol. The van der Waals surface area contributed by atoms with E-state index in [9.17, 15) is 0 Å². The molecule has 1 aromatic carbocycles. The van der Waals surface area contributed by atoms with Gasteiger partial charge in [0.2, 0.25) is 0 Å². The summed E-state index contributed by atoms with van der Waals surface area (Å²) in [6, 6.07) is 10.6. The Balaban J connectivity index is 0. The van der Waals surface area contributed by atoms with Gasteiger partial charge in [0.1, 0.15) is 0 Å². The van der Waals surface area contributed by atoms with E-state index in [1.807, 2.05) is 20.8 Å². The molecule has 0 aliphatic rings. The van der Waals surface area contributed by atoms with Gasteiger partial charge >= 0.3 is 0 Å². The summed E-state index contributed by atoms with van der Waals surface area (Å²) in [6.45, 7) is 9.63. The molecule has 0 heterocycles. The maximum Gasteiger partial charge on any atom is 0.0589 e. The van der Waals surface area contributed by atoms with Crippen LogP contribution in [0.4, 0.5) is 0 Å². The molecule has 0 amide bonds. The average molecular weight is 282 g/mol. The molecule has 0 unspecified atom stereocenters. The highest BCUT2D eigenvalue weighted by Gasteiger charge is 1.97. The molecule has 1 aromatic rings. The van der Waals surface area contributed by atoms with Crippen LogP contribution in [0.2, 0.25) is 0 Å². The van der Waals surface area contributed by atoms with Crippen molar-refractivity contribution < 1.29 is 4.74 Å². The third-order valence-electron chi connectivity index (χ3n) is 2.53. The van der Waals surface area contributed by atoms with E-state index in [0.29, 0.717) is 0 Å². The van der Waals surface area contributed by atoms with Gasteiger partial charge in [-0.15, -0.1) is 0 Å². The second-order valence-electron chi connectivity index (χ2n) is 4.29. The molecule has 0 bridgehead atoms. The van der Waals surface area contributed by atoms with Crippen LogP contribution in [-0.4, -0.2) is 45.3 Å². The van der Waals surface area contributed by atoms with Gasteiger partial charge in [-0.2, -0.15) is 0 Å². The van der Waals surface area contributed by atoms with E-state index in [2.05, 4.69) is 42.3 Å². The van der Waals surface area contributed by atoms with E-state index in [1.54, 1.807) is 7.11 Å². The SMILES string of the molecule is CC.CCN.COCCN(C)CCCc1ccccc1. The number of hydrogen-bond donors (Lipinski definition) is 1. The molecule has 3 heteroatoms. The molecule has 0 saturated carbocycles. The smallest absolute Gasteiger partial charge is 0.0589 e. The number of likely N-dealkylation sites (N-methyl/N-ethyl adjacent to an activating group) is 1. The number of rotatable bonds is 7. The zero-order chi connectivity index (χ0) is 15.6. The number of methoxy groups -OCH3 is 1. The molecule has 0 spiro atoms. The summed E-state index contributed by atoms with van der Waals surface area (Å²) in [4.78, 5) is 2.31. The summed E-state index contributed by atoms with van der Waals surface area (Å²) >= 11 is 0. The zero-order valence-electron chi connectivity index (χ0n) is 14.1. The van der Waals surface area contributed by atoms with Crippen molar-refractivity contribution in [1.29, 1.82) is 0 Å². The zero-order valence-corrected chi connectivity index (χ0v) is 14.1. The molecule has 0 aromatic heterocycles. The van der Waals surface area contributed by atoms with Crippen LogP contribution in [0.1, 0.15) is 32.8 Å². The van der Waals surface area contributed by atoms with Crippen molar-refractivity contribution >= 4 is 0 Å². The van der Waals surface area contributed by atoms with E-state index in [-0.39, 0.29) is 0 Å². The fourth-order valence-electron chi connectivity index (χ4n) is 1.56. The van der Waals surface area contributed by atoms with Crippen molar-refractivity contribution in [3.63, 3.8) is 0 Å². The summed E-state index contributed by atoms with van der Waals surface area (Å²) in [5.41, 5.74) is 6.28. The number of aryl methyl sites for hydroxylation is 1. The third-order valence-corrected chi connectivity index (χ3v) is 2.53. The van der Waals surface area contributed by atoms with Crippen molar-refractivity contribution in [2.24, 2.45) is 5.73 Å². The number of hydrogen-bond acceptors (Lipinski definition) is 3. The second-order valence-corrected chi connectivity index (χ2v) is 4.29. The molecule has 0 fully saturated rings. The molecular weight excluding hydrogens is 248 g/mol. The van der Waals surface area contributed by atoms with E-state index < -0.39 is 0 Å². The third kappa shape index (κ3) is 15.2. The first-order valence-electron chi connectivity index (χ1n) is 7.66. The molecular formula is C17H34N2O. The van der Waals surface area contributed by atoms with E-state index in [4.69, 9.17) is 10.5 Å². The maximum atomic E-state index is 5.04. The Morgan fingerprint density at radius 3 is 2.15 bits per heavy atom. The van der Waals surface area contributed by atoms with Crippen LogP contribution in [0.3, 0.4) is 0 Å².